The van der Waals surface area contributed by atoms with Crippen LogP contribution in [-0.4, -0.2) is 43.0 Å². The molecule has 4 aliphatic rings. The molecular weight excluding hydrogens is 257 g/mol. The van der Waals surface area contributed by atoms with Gasteiger partial charge in [-0.25, -0.2) is 0 Å². The van der Waals surface area contributed by atoms with Crippen molar-refractivity contribution >= 4 is 7.28 Å². The summed E-state index contributed by atoms with van der Waals surface area (Å²) in [6.45, 7) is 11.8. The molecule has 1 aliphatic carbocycles. The number of nitrogens with zero attached hydrogens (tertiary/aromatic N) is 1. The molecule has 1 spiro atoms. The van der Waals surface area contributed by atoms with E-state index >= 15 is 0 Å². The summed E-state index contributed by atoms with van der Waals surface area (Å²) in [6, 6.07) is 1.52. The first-order valence-electron chi connectivity index (χ1n) is 9.36. The Morgan fingerprint density at radius 3 is 2.43 bits per heavy atom. The number of hydrogen-bond acceptors (Lipinski definition) is 2. The van der Waals surface area contributed by atoms with Crippen LogP contribution in [0.15, 0.2) is 0 Å². The Hall–Kier alpha value is -0.0151. The number of rotatable bonds is 2. The van der Waals surface area contributed by atoms with Gasteiger partial charge in [-0.2, -0.15) is 0 Å². The summed E-state index contributed by atoms with van der Waals surface area (Å²) in [6.07, 6.45) is 7.25. The smallest absolute Gasteiger partial charge is 0.131 e. The van der Waals surface area contributed by atoms with Gasteiger partial charge in [0.05, 0.1) is 18.8 Å². The molecule has 1 saturated carbocycles. The highest BCUT2D eigenvalue weighted by Crippen LogP contribution is 2.72. The van der Waals surface area contributed by atoms with Gasteiger partial charge in [0.15, 0.2) is 0 Å². The van der Waals surface area contributed by atoms with Crippen LogP contribution >= 0.6 is 0 Å². The van der Waals surface area contributed by atoms with Crippen molar-refractivity contribution in [3.8, 4) is 0 Å². The van der Waals surface area contributed by atoms with E-state index in [9.17, 15) is 0 Å². The zero-order chi connectivity index (χ0) is 14.8. The maximum Gasteiger partial charge on any atom is 0.131 e. The molecular formula is C18H32BNO. The number of hydrogen-bond donors (Lipinski definition) is 0. The molecule has 3 heteroatoms. The molecule has 4 atom stereocenters. The largest absolute Gasteiger partial charge is 0.377 e. The van der Waals surface area contributed by atoms with Crippen LogP contribution in [0.4, 0.5) is 0 Å². The molecule has 4 unspecified atom stereocenters. The highest BCUT2D eigenvalue weighted by Gasteiger charge is 2.64. The van der Waals surface area contributed by atoms with Crippen molar-refractivity contribution in [3.63, 3.8) is 0 Å². The average Bonchev–Trinajstić information content (AvgIpc) is 3.11. The average molecular weight is 289 g/mol. The summed E-state index contributed by atoms with van der Waals surface area (Å²) in [5, 5.41) is 0.725. The standard InChI is InChI=1S/C18H32BNO/c1-12(2)18-8-5-6-15-14(16(18)19-18)7-9-17(10-21-11-17)20(15)13(3)4/h12-16,19H,5-11H2,1-4H3. The van der Waals surface area contributed by atoms with Gasteiger partial charge < -0.3 is 4.74 Å². The molecule has 0 aromatic carbocycles. The van der Waals surface area contributed by atoms with Gasteiger partial charge in [0.2, 0.25) is 0 Å². The van der Waals surface area contributed by atoms with E-state index in [1.807, 2.05) is 0 Å². The first-order valence-corrected chi connectivity index (χ1v) is 9.36. The van der Waals surface area contributed by atoms with E-state index < -0.39 is 0 Å². The van der Waals surface area contributed by atoms with Crippen LogP contribution in [0, 0.1) is 11.8 Å². The lowest BCUT2D eigenvalue weighted by atomic mass is 9.70. The predicted octanol–water partition coefficient (Wildman–Crippen LogP) is 3.48. The Bertz CT molecular complexity index is 419. The first-order chi connectivity index (χ1) is 10.0. The van der Waals surface area contributed by atoms with Crippen LogP contribution in [0.3, 0.4) is 0 Å². The molecule has 3 heterocycles. The molecule has 4 rings (SSSR count). The van der Waals surface area contributed by atoms with Gasteiger partial charge in [0, 0.05) is 12.1 Å². The summed E-state index contributed by atoms with van der Waals surface area (Å²) >= 11 is 0. The SMILES string of the molecule is CC(C)N1C2CCCC3(C(C)C)BC3C2CCC12COC2. The fourth-order valence-corrected chi connectivity index (χ4v) is 6.51. The third-order valence-electron chi connectivity index (χ3n) is 7.63. The van der Waals surface area contributed by atoms with Gasteiger partial charge in [-0.05, 0) is 44.9 Å². The fourth-order valence-electron chi connectivity index (χ4n) is 6.51. The zero-order valence-electron chi connectivity index (χ0n) is 14.4. The Morgan fingerprint density at radius 2 is 1.86 bits per heavy atom. The maximum absolute atomic E-state index is 5.66. The van der Waals surface area contributed by atoms with Crippen LogP contribution < -0.4 is 0 Å². The van der Waals surface area contributed by atoms with Crippen molar-refractivity contribution in [2.24, 2.45) is 11.8 Å². The van der Waals surface area contributed by atoms with Crippen molar-refractivity contribution in [2.45, 2.75) is 88.6 Å². The Balaban J connectivity index is 1.62. The molecule has 0 bridgehead atoms. The normalized spacial score (nSPS) is 44.8. The molecule has 3 aliphatic heterocycles. The lowest BCUT2D eigenvalue weighted by Gasteiger charge is -2.60. The first kappa shape index (κ1) is 14.6. The van der Waals surface area contributed by atoms with Crippen LogP contribution in [0.1, 0.15) is 59.8 Å². The summed E-state index contributed by atoms with van der Waals surface area (Å²) in [5.41, 5.74) is 0.412. The highest BCUT2D eigenvalue weighted by atomic mass is 16.5. The lowest BCUT2D eigenvalue weighted by molar-refractivity contribution is -0.193. The molecule has 0 radical (unpaired) electrons. The van der Waals surface area contributed by atoms with E-state index in [4.69, 9.17) is 4.74 Å². The van der Waals surface area contributed by atoms with Crippen molar-refractivity contribution < 1.29 is 4.74 Å². The highest BCUT2D eigenvalue weighted by molar-refractivity contribution is 6.57. The molecule has 3 saturated heterocycles. The topological polar surface area (TPSA) is 12.5 Å². The number of piperidine rings is 1. The summed E-state index contributed by atoms with van der Waals surface area (Å²) in [7, 11) is 1.53. The van der Waals surface area contributed by atoms with Crippen molar-refractivity contribution in [1.82, 2.24) is 4.90 Å². The van der Waals surface area contributed by atoms with E-state index in [2.05, 4.69) is 32.6 Å². The monoisotopic (exact) mass is 289 g/mol. The number of fused-ring (bicyclic) bond motifs is 3. The quantitative estimate of drug-likeness (QED) is 0.722. The molecule has 2 nitrogen and oxygen atoms in total. The molecule has 21 heavy (non-hydrogen) atoms. The second kappa shape index (κ2) is 4.74. The van der Waals surface area contributed by atoms with E-state index in [0.29, 0.717) is 11.6 Å². The summed E-state index contributed by atoms with van der Waals surface area (Å²) in [5.74, 6) is 2.89. The number of ether oxygens (including phenoxy) is 1. The van der Waals surface area contributed by atoms with Crippen LogP contribution in [-0.2, 0) is 4.74 Å². The molecule has 118 valence electrons. The minimum absolute atomic E-state index is 0.412. The Kier molecular flexibility index (Phi) is 3.29. The van der Waals surface area contributed by atoms with E-state index in [1.54, 1.807) is 0 Å². The minimum atomic E-state index is 0.412. The van der Waals surface area contributed by atoms with Gasteiger partial charge in [-0.15, -0.1) is 0 Å². The molecule has 0 N–H and O–H groups in total. The molecule has 0 aromatic heterocycles. The van der Waals surface area contributed by atoms with Crippen molar-refractivity contribution in [2.75, 3.05) is 13.2 Å². The number of likely N-dealkylation sites (tertiary alicyclic amines) is 1. The van der Waals surface area contributed by atoms with Crippen LogP contribution in [0.5, 0.6) is 0 Å². The summed E-state index contributed by atoms with van der Waals surface area (Å²) < 4.78 is 5.66. The summed E-state index contributed by atoms with van der Waals surface area (Å²) in [4.78, 5) is 2.92. The van der Waals surface area contributed by atoms with Gasteiger partial charge in [0.1, 0.15) is 7.28 Å². The molecule has 0 amide bonds. The molecule has 4 fully saturated rings. The van der Waals surface area contributed by atoms with Gasteiger partial charge in [-0.3, -0.25) is 4.90 Å². The van der Waals surface area contributed by atoms with Gasteiger partial charge >= 0.3 is 0 Å². The fraction of sp³-hybridized carbons (Fsp3) is 1.00. The minimum Gasteiger partial charge on any atom is -0.377 e. The zero-order valence-corrected chi connectivity index (χ0v) is 14.4. The van der Waals surface area contributed by atoms with E-state index in [0.717, 1.165) is 42.2 Å². The van der Waals surface area contributed by atoms with E-state index in [1.165, 1.54) is 39.4 Å². The lowest BCUT2D eigenvalue weighted by Crippen LogP contribution is -2.70. The van der Waals surface area contributed by atoms with E-state index in [-0.39, 0.29) is 0 Å². The predicted molar refractivity (Wildman–Crippen MR) is 89.3 cm³/mol. The second-order valence-electron chi connectivity index (χ2n) is 9.08. The van der Waals surface area contributed by atoms with Crippen molar-refractivity contribution in [3.05, 3.63) is 0 Å². The van der Waals surface area contributed by atoms with Crippen LogP contribution in [0.2, 0.25) is 11.1 Å². The Labute approximate surface area is 131 Å². The third kappa shape index (κ3) is 1.92. The maximum atomic E-state index is 5.66. The van der Waals surface area contributed by atoms with Crippen LogP contribution in [0.25, 0.3) is 0 Å². The van der Waals surface area contributed by atoms with Gasteiger partial charge in [0.25, 0.3) is 0 Å². The molecule has 0 aromatic rings. The van der Waals surface area contributed by atoms with Crippen molar-refractivity contribution in [1.29, 1.82) is 0 Å². The Morgan fingerprint density at radius 1 is 1.10 bits per heavy atom. The van der Waals surface area contributed by atoms with Gasteiger partial charge in [-0.1, -0.05) is 37.8 Å². The third-order valence-corrected chi connectivity index (χ3v) is 7.63. The second-order valence-corrected chi connectivity index (χ2v) is 9.08.